The SMILES string of the molecule is N#CC(C#N)C(=N)C(C#N)Cc1ccc(Cl)cc1. The van der Waals surface area contributed by atoms with Crippen LogP contribution in [0.1, 0.15) is 5.56 Å². The zero-order valence-electron chi connectivity index (χ0n) is 9.39. The molecule has 18 heavy (non-hydrogen) atoms. The first-order valence-electron chi connectivity index (χ1n) is 5.14. The first kappa shape index (κ1) is 13.7. The van der Waals surface area contributed by atoms with Crippen molar-refractivity contribution in [1.29, 1.82) is 21.2 Å². The summed E-state index contributed by atoms with van der Waals surface area (Å²) >= 11 is 5.75. The zero-order valence-corrected chi connectivity index (χ0v) is 10.1. The number of nitrogens with zero attached hydrogens (tertiary/aromatic N) is 3. The molecule has 0 amide bonds. The van der Waals surface area contributed by atoms with Crippen molar-refractivity contribution in [2.45, 2.75) is 6.42 Å². The van der Waals surface area contributed by atoms with Gasteiger partial charge in [0.05, 0.1) is 29.8 Å². The van der Waals surface area contributed by atoms with Gasteiger partial charge in [0, 0.05) is 5.02 Å². The van der Waals surface area contributed by atoms with E-state index in [1.807, 2.05) is 6.07 Å². The third-order valence-electron chi connectivity index (χ3n) is 2.45. The van der Waals surface area contributed by atoms with Crippen LogP contribution in [-0.4, -0.2) is 5.71 Å². The molecular weight excluding hydrogens is 248 g/mol. The highest BCUT2D eigenvalue weighted by Crippen LogP contribution is 2.16. The van der Waals surface area contributed by atoms with E-state index in [4.69, 9.17) is 32.8 Å². The van der Waals surface area contributed by atoms with Gasteiger partial charge in [-0.05, 0) is 24.1 Å². The Bertz CT molecular complexity index is 543. The maximum atomic E-state index is 9.02. The first-order valence-corrected chi connectivity index (χ1v) is 5.51. The summed E-state index contributed by atoms with van der Waals surface area (Å²) in [5, 5.41) is 34.7. The van der Waals surface area contributed by atoms with E-state index < -0.39 is 11.8 Å². The molecule has 0 aliphatic rings. The minimum Gasteiger partial charge on any atom is -0.306 e. The number of rotatable bonds is 4. The van der Waals surface area contributed by atoms with Crippen LogP contribution in [0.4, 0.5) is 0 Å². The molecule has 0 spiro atoms. The minimum atomic E-state index is -1.16. The van der Waals surface area contributed by atoms with Gasteiger partial charge in [0.1, 0.15) is 0 Å². The molecule has 0 saturated carbocycles. The van der Waals surface area contributed by atoms with Crippen molar-refractivity contribution >= 4 is 17.3 Å². The van der Waals surface area contributed by atoms with E-state index in [9.17, 15) is 0 Å². The van der Waals surface area contributed by atoms with Crippen molar-refractivity contribution in [2.24, 2.45) is 11.8 Å². The summed E-state index contributed by atoms with van der Waals surface area (Å²) < 4.78 is 0. The van der Waals surface area contributed by atoms with Gasteiger partial charge in [-0.1, -0.05) is 23.7 Å². The number of nitriles is 3. The third-order valence-corrected chi connectivity index (χ3v) is 2.71. The summed E-state index contributed by atoms with van der Waals surface area (Å²) in [6.45, 7) is 0. The summed E-state index contributed by atoms with van der Waals surface area (Å²) in [5.41, 5.74) is 0.683. The Morgan fingerprint density at radius 3 is 2.11 bits per heavy atom. The van der Waals surface area contributed by atoms with E-state index in [-0.39, 0.29) is 5.71 Å². The summed E-state index contributed by atoms with van der Waals surface area (Å²) in [6, 6.07) is 12.3. The molecule has 4 nitrogen and oxygen atoms in total. The fourth-order valence-electron chi connectivity index (χ4n) is 1.45. The standard InChI is InChI=1S/C13H9ClN4/c14-12-3-1-9(2-4-12)5-10(6-15)13(18)11(7-16)8-17/h1-4,10-11,18H,5H2. The smallest absolute Gasteiger partial charge is 0.171 e. The molecule has 0 aromatic heterocycles. The molecule has 0 saturated heterocycles. The molecule has 1 rings (SSSR count). The van der Waals surface area contributed by atoms with E-state index in [0.29, 0.717) is 11.4 Å². The molecule has 0 fully saturated rings. The maximum Gasteiger partial charge on any atom is 0.171 e. The van der Waals surface area contributed by atoms with Crippen LogP contribution in [0.5, 0.6) is 0 Å². The predicted molar refractivity (Wildman–Crippen MR) is 66.7 cm³/mol. The Morgan fingerprint density at radius 1 is 1.11 bits per heavy atom. The third kappa shape index (κ3) is 3.32. The highest BCUT2D eigenvalue weighted by Gasteiger charge is 2.23. The molecule has 1 N–H and O–H groups in total. The molecule has 0 bridgehead atoms. The summed E-state index contributed by atoms with van der Waals surface area (Å²) in [4.78, 5) is 0. The van der Waals surface area contributed by atoms with E-state index in [0.717, 1.165) is 5.56 Å². The van der Waals surface area contributed by atoms with E-state index in [1.165, 1.54) is 0 Å². The lowest BCUT2D eigenvalue weighted by Gasteiger charge is -2.11. The molecule has 5 heteroatoms. The average Bonchev–Trinajstić information content (AvgIpc) is 2.39. The van der Waals surface area contributed by atoms with Crippen LogP contribution in [-0.2, 0) is 6.42 Å². The zero-order chi connectivity index (χ0) is 13.5. The highest BCUT2D eigenvalue weighted by atomic mass is 35.5. The highest BCUT2D eigenvalue weighted by molar-refractivity contribution is 6.30. The Labute approximate surface area is 110 Å². The van der Waals surface area contributed by atoms with Crippen LogP contribution in [0.2, 0.25) is 5.02 Å². The van der Waals surface area contributed by atoms with Gasteiger partial charge in [-0.25, -0.2) is 0 Å². The van der Waals surface area contributed by atoms with Crippen molar-refractivity contribution in [3.05, 3.63) is 34.9 Å². The second-order valence-corrected chi connectivity index (χ2v) is 4.10. The quantitative estimate of drug-likeness (QED) is 0.839. The minimum absolute atomic E-state index is 0.155. The number of halogens is 1. The largest absolute Gasteiger partial charge is 0.306 e. The van der Waals surface area contributed by atoms with Crippen LogP contribution in [0.3, 0.4) is 0 Å². The summed E-state index contributed by atoms with van der Waals surface area (Å²) in [7, 11) is 0. The number of hydrogen-bond acceptors (Lipinski definition) is 4. The molecule has 1 aromatic rings. The Kier molecular flexibility index (Phi) is 4.88. The van der Waals surface area contributed by atoms with E-state index in [1.54, 1.807) is 36.4 Å². The molecule has 1 unspecified atom stereocenters. The Hall–Kier alpha value is -2.35. The monoisotopic (exact) mass is 256 g/mol. The van der Waals surface area contributed by atoms with E-state index in [2.05, 4.69) is 0 Å². The van der Waals surface area contributed by atoms with Crippen LogP contribution in [0, 0.1) is 51.2 Å². The molecule has 88 valence electrons. The summed E-state index contributed by atoms with van der Waals surface area (Å²) in [6.07, 6.45) is 0.298. The van der Waals surface area contributed by atoms with Crippen molar-refractivity contribution in [3.63, 3.8) is 0 Å². The molecule has 0 heterocycles. The molecule has 1 aromatic carbocycles. The van der Waals surface area contributed by atoms with Gasteiger partial charge in [-0.15, -0.1) is 0 Å². The van der Waals surface area contributed by atoms with Gasteiger partial charge in [0.25, 0.3) is 0 Å². The molecule has 1 atom stereocenters. The van der Waals surface area contributed by atoms with Crippen LogP contribution in [0.15, 0.2) is 24.3 Å². The summed E-state index contributed by atoms with van der Waals surface area (Å²) in [5.74, 6) is -1.93. The van der Waals surface area contributed by atoms with Crippen LogP contribution < -0.4 is 0 Å². The van der Waals surface area contributed by atoms with Gasteiger partial charge < -0.3 is 5.41 Å². The molecular formula is C13H9ClN4. The lowest BCUT2D eigenvalue weighted by molar-refractivity contribution is 0.822. The lowest BCUT2D eigenvalue weighted by Crippen LogP contribution is -2.21. The number of hydrogen-bond donors (Lipinski definition) is 1. The second kappa shape index (κ2) is 6.40. The van der Waals surface area contributed by atoms with Crippen LogP contribution >= 0.6 is 11.6 Å². The molecule has 0 aliphatic heterocycles. The molecule has 0 aliphatic carbocycles. The number of nitrogens with one attached hydrogen (secondary N) is 1. The lowest BCUT2D eigenvalue weighted by atomic mass is 9.89. The fraction of sp³-hybridized carbons (Fsp3) is 0.231. The van der Waals surface area contributed by atoms with Gasteiger partial charge in [0.2, 0.25) is 0 Å². The van der Waals surface area contributed by atoms with Crippen molar-refractivity contribution < 1.29 is 0 Å². The Balaban J connectivity index is 2.84. The second-order valence-electron chi connectivity index (χ2n) is 3.66. The van der Waals surface area contributed by atoms with E-state index >= 15 is 0 Å². The van der Waals surface area contributed by atoms with Crippen molar-refractivity contribution in [1.82, 2.24) is 0 Å². The van der Waals surface area contributed by atoms with Gasteiger partial charge in [-0.3, -0.25) is 0 Å². The molecule has 0 radical (unpaired) electrons. The van der Waals surface area contributed by atoms with Gasteiger partial charge in [-0.2, -0.15) is 15.8 Å². The van der Waals surface area contributed by atoms with Crippen molar-refractivity contribution in [2.75, 3.05) is 0 Å². The van der Waals surface area contributed by atoms with Crippen LogP contribution in [0.25, 0.3) is 0 Å². The maximum absolute atomic E-state index is 9.02. The number of benzene rings is 1. The Morgan fingerprint density at radius 2 is 1.67 bits per heavy atom. The predicted octanol–water partition coefficient (Wildman–Crippen LogP) is 2.71. The first-order chi connectivity index (χ1) is 8.62. The van der Waals surface area contributed by atoms with Gasteiger partial charge >= 0.3 is 0 Å². The average molecular weight is 257 g/mol. The fourth-order valence-corrected chi connectivity index (χ4v) is 1.58. The topological polar surface area (TPSA) is 95.2 Å². The van der Waals surface area contributed by atoms with Crippen molar-refractivity contribution in [3.8, 4) is 18.2 Å². The normalized spacial score (nSPS) is 11.1. The van der Waals surface area contributed by atoms with Gasteiger partial charge in [0.15, 0.2) is 5.92 Å².